The summed E-state index contributed by atoms with van der Waals surface area (Å²) in [4.78, 5) is 4.58. The van der Waals surface area contributed by atoms with Crippen LogP contribution in [0.3, 0.4) is 0 Å². The monoisotopic (exact) mass is 135 g/mol. The Morgan fingerprint density at radius 2 is 2.11 bits per heavy atom. The lowest BCUT2D eigenvalue weighted by molar-refractivity contribution is 0.0904. The molecular formula is C6H14FNO. The summed E-state index contributed by atoms with van der Waals surface area (Å²) in [5, 5.41) is 0. The van der Waals surface area contributed by atoms with E-state index in [1.54, 1.807) is 7.11 Å². The minimum atomic E-state index is -0.201. The Morgan fingerprint density at radius 3 is 2.67 bits per heavy atom. The minimum absolute atomic E-state index is 0.201. The molecule has 56 valence electrons. The second-order valence-corrected chi connectivity index (χ2v) is 1.85. The highest BCUT2D eigenvalue weighted by molar-refractivity contribution is 4.40. The molecule has 0 aromatic rings. The van der Waals surface area contributed by atoms with Crippen LogP contribution in [-0.2, 0) is 4.84 Å². The van der Waals surface area contributed by atoms with Gasteiger partial charge in [-0.25, -0.2) is 5.48 Å². The van der Waals surface area contributed by atoms with Crippen LogP contribution in [0.15, 0.2) is 0 Å². The molecule has 0 heterocycles. The maximum absolute atomic E-state index is 11.5. The Morgan fingerprint density at radius 1 is 1.33 bits per heavy atom. The van der Waals surface area contributed by atoms with Crippen LogP contribution in [0, 0.1) is 0 Å². The Labute approximate surface area is 55.3 Å². The number of hydrogen-bond acceptors (Lipinski definition) is 2. The van der Waals surface area contributed by atoms with Gasteiger partial charge in [0.1, 0.15) is 0 Å². The Kier molecular flexibility index (Phi) is 7.72. The third-order valence-corrected chi connectivity index (χ3v) is 1.06. The number of hydroxylamine groups is 1. The average Bonchev–Trinajstić information content (AvgIpc) is 1.89. The van der Waals surface area contributed by atoms with Crippen molar-refractivity contribution in [2.24, 2.45) is 0 Å². The Hall–Kier alpha value is -0.150. The van der Waals surface area contributed by atoms with E-state index in [0.717, 1.165) is 19.4 Å². The molecule has 0 unspecified atom stereocenters. The molecule has 0 saturated carbocycles. The topological polar surface area (TPSA) is 21.3 Å². The lowest BCUT2D eigenvalue weighted by atomic mass is 10.2. The SMILES string of the molecule is CONCCCCCF. The lowest BCUT2D eigenvalue weighted by Gasteiger charge is -1.98. The molecule has 0 atom stereocenters. The maximum Gasteiger partial charge on any atom is 0.0894 e. The number of hydrogen-bond donors (Lipinski definition) is 1. The molecule has 0 aromatic carbocycles. The van der Waals surface area contributed by atoms with Crippen molar-refractivity contribution in [2.45, 2.75) is 19.3 Å². The van der Waals surface area contributed by atoms with Crippen molar-refractivity contribution in [3.63, 3.8) is 0 Å². The second-order valence-electron chi connectivity index (χ2n) is 1.85. The van der Waals surface area contributed by atoms with E-state index in [-0.39, 0.29) is 6.67 Å². The molecule has 0 spiro atoms. The van der Waals surface area contributed by atoms with E-state index in [2.05, 4.69) is 10.3 Å². The first-order valence-corrected chi connectivity index (χ1v) is 3.23. The highest BCUT2D eigenvalue weighted by atomic mass is 19.1. The molecule has 0 saturated heterocycles. The van der Waals surface area contributed by atoms with E-state index < -0.39 is 0 Å². The molecule has 0 fully saturated rings. The van der Waals surface area contributed by atoms with Gasteiger partial charge in [0.15, 0.2) is 0 Å². The third kappa shape index (κ3) is 7.85. The molecule has 0 radical (unpaired) electrons. The number of halogens is 1. The normalized spacial score (nSPS) is 10.0. The van der Waals surface area contributed by atoms with Gasteiger partial charge >= 0.3 is 0 Å². The summed E-state index contributed by atoms with van der Waals surface area (Å²) < 4.78 is 11.5. The smallest absolute Gasteiger partial charge is 0.0894 e. The molecule has 0 bridgehead atoms. The van der Waals surface area contributed by atoms with Gasteiger partial charge in [0.25, 0.3) is 0 Å². The van der Waals surface area contributed by atoms with E-state index in [0.29, 0.717) is 6.42 Å². The molecule has 3 heteroatoms. The predicted molar refractivity (Wildman–Crippen MR) is 34.8 cm³/mol. The summed E-state index contributed by atoms with van der Waals surface area (Å²) in [7, 11) is 1.58. The van der Waals surface area contributed by atoms with E-state index in [1.807, 2.05) is 0 Å². The zero-order valence-electron chi connectivity index (χ0n) is 5.82. The molecular weight excluding hydrogens is 121 g/mol. The summed E-state index contributed by atoms with van der Waals surface area (Å²) in [5.41, 5.74) is 2.68. The first-order valence-electron chi connectivity index (χ1n) is 3.23. The van der Waals surface area contributed by atoms with Crippen LogP contribution >= 0.6 is 0 Å². The first kappa shape index (κ1) is 8.85. The third-order valence-electron chi connectivity index (χ3n) is 1.06. The highest BCUT2D eigenvalue weighted by Crippen LogP contribution is 1.93. The van der Waals surface area contributed by atoms with E-state index >= 15 is 0 Å². The van der Waals surface area contributed by atoms with Crippen molar-refractivity contribution in [2.75, 3.05) is 20.3 Å². The van der Waals surface area contributed by atoms with Crippen molar-refractivity contribution in [1.82, 2.24) is 5.48 Å². The van der Waals surface area contributed by atoms with Gasteiger partial charge in [0.2, 0.25) is 0 Å². The van der Waals surface area contributed by atoms with Crippen LogP contribution < -0.4 is 5.48 Å². The quantitative estimate of drug-likeness (QED) is 0.437. The maximum atomic E-state index is 11.5. The molecule has 0 aromatic heterocycles. The fourth-order valence-corrected chi connectivity index (χ4v) is 0.570. The van der Waals surface area contributed by atoms with Gasteiger partial charge in [-0.3, -0.25) is 4.39 Å². The number of rotatable bonds is 6. The van der Waals surface area contributed by atoms with E-state index in [1.165, 1.54) is 0 Å². The summed E-state index contributed by atoms with van der Waals surface area (Å²) >= 11 is 0. The molecule has 0 aliphatic heterocycles. The van der Waals surface area contributed by atoms with Crippen molar-refractivity contribution >= 4 is 0 Å². The molecule has 2 nitrogen and oxygen atoms in total. The lowest BCUT2D eigenvalue weighted by Crippen LogP contribution is -2.12. The van der Waals surface area contributed by atoms with Crippen LogP contribution in [0.1, 0.15) is 19.3 Å². The zero-order valence-corrected chi connectivity index (χ0v) is 5.82. The van der Waals surface area contributed by atoms with E-state index in [4.69, 9.17) is 0 Å². The summed E-state index contributed by atoms with van der Waals surface area (Å²) in [6, 6.07) is 0. The van der Waals surface area contributed by atoms with Crippen molar-refractivity contribution < 1.29 is 9.23 Å². The number of unbranched alkanes of at least 4 members (excludes halogenated alkanes) is 2. The van der Waals surface area contributed by atoms with Crippen molar-refractivity contribution in [1.29, 1.82) is 0 Å². The standard InChI is InChI=1S/C6H14FNO/c1-9-8-6-4-2-3-5-7/h8H,2-6H2,1H3. The highest BCUT2D eigenvalue weighted by Gasteiger charge is 1.86. The number of nitrogens with one attached hydrogen (secondary N) is 1. The minimum Gasteiger partial charge on any atom is -0.305 e. The van der Waals surface area contributed by atoms with Gasteiger partial charge in [-0.1, -0.05) is 0 Å². The van der Waals surface area contributed by atoms with Gasteiger partial charge in [-0.15, -0.1) is 0 Å². The van der Waals surface area contributed by atoms with Gasteiger partial charge < -0.3 is 4.84 Å². The fourth-order valence-electron chi connectivity index (χ4n) is 0.570. The summed E-state index contributed by atoms with van der Waals surface area (Å²) in [5.74, 6) is 0. The fraction of sp³-hybridized carbons (Fsp3) is 1.00. The Bertz CT molecular complexity index is 46.3. The summed E-state index contributed by atoms with van der Waals surface area (Å²) in [6.45, 7) is 0.615. The molecule has 0 aliphatic rings. The zero-order chi connectivity index (χ0) is 6.95. The van der Waals surface area contributed by atoms with Gasteiger partial charge in [0.05, 0.1) is 13.8 Å². The van der Waals surface area contributed by atoms with Crippen LogP contribution in [0.2, 0.25) is 0 Å². The molecule has 9 heavy (non-hydrogen) atoms. The predicted octanol–water partition coefficient (Wildman–Crippen LogP) is 1.28. The van der Waals surface area contributed by atoms with Gasteiger partial charge in [-0.05, 0) is 19.3 Å². The van der Waals surface area contributed by atoms with Crippen LogP contribution in [0.4, 0.5) is 4.39 Å². The van der Waals surface area contributed by atoms with Crippen LogP contribution in [0.5, 0.6) is 0 Å². The van der Waals surface area contributed by atoms with Crippen LogP contribution in [0.25, 0.3) is 0 Å². The van der Waals surface area contributed by atoms with Gasteiger partial charge in [-0.2, -0.15) is 0 Å². The van der Waals surface area contributed by atoms with Crippen molar-refractivity contribution in [3.8, 4) is 0 Å². The van der Waals surface area contributed by atoms with E-state index in [9.17, 15) is 4.39 Å². The number of alkyl halides is 1. The van der Waals surface area contributed by atoms with Crippen LogP contribution in [-0.4, -0.2) is 20.3 Å². The largest absolute Gasteiger partial charge is 0.305 e. The molecule has 0 aliphatic carbocycles. The van der Waals surface area contributed by atoms with Crippen molar-refractivity contribution in [3.05, 3.63) is 0 Å². The molecule has 0 amide bonds. The van der Waals surface area contributed by atoms with Gasteiger partial charge in [0, 0.05) is 6.54 Å². The molecule has 1 N–H and O–H groups in total. The first-order chi connectivity index (χ1) is 4.41. The second kappa shape index (κ2) is 7.85. The molecule has 0 rings (SSSR count). The summed E-state index contributed by atoms with van der Waals surface area (Å²) in [6.07, 6.45) is 2.59. The Balaban J connectivity index is 2.60. The average molecular weight is 135 g/mol.